The van der Waals surface area contributed by atoms with Crippen molar-refractivity contribution in [3.8, 4) is 0 Å². The predicted octanol–water partition coefficient (Wildman–Crippen LogP) is 3.20. The van der Waals surface area contributed by atoms with Crippen molar-refractivity contribution >= 4 is 22.9 Å². The van der Waals surface area contributed by atoms with Gasteiger partial charge in [0.1, 0.15) is 11.9 Å². The second kappa shape index (κ2) is 7.74. The summed E-state index contributed by atoms with van der Waals surface area (Å²) in [5.74, 6) is 1.44. The summed E-state index contributed by atoms with van der Waals surface area (Å²) in [5.41, 5.74) is 3.28. The Morgan fingerprint density at radius 3 is 3.03 bits per heavy atom. The lowest BCUT2D eigenvalue weighted by molar-refractivity contribution is 0.0976. The first kappa shape index (κ1) is 18.5. The van der Waals surface area contributed by atoms with Gasteiger partial charge in [0.2, 0.25) is 0 Å². The molecule has 0 saturated heterocycles. The SMILES string of the molecule is CC[C@@H]1C[C@H](OC(=O)NCc2ccccn2)CC1c1nnc2cnc3[nH]ccc3n12. The second-order valence-corrected chi connectivity index (χ2v) is 7.67. The topological polar surface area (TPSA) is 110 Å². The molecule has 5 rings (SSSR count). The van der Waals surface area contributed by atoms with Gasteiger partial charge in [-0.15, -0.1) is 10.2 Å². The van der Waals surface area contributed by atoms with Crippen LogP contribution in [0.1, 0.15) is 43.6 Å². The van der Waals surface area contributed by atoms with E-state index in [-0.39, 0.29) is 12.0 Å². The van der Waals surface area contributed by atoms with E-state index in [1.165, 1.54) is 0 Å². The largest absolute Gasteiger partial charge is 0.446 e. The van der Waals surface area contributed by atoms with Crippen molar-refractivity contribution in [3.63, 3.8) is 0 Å². The summed E-state index contributed by atoms with van der Waals surface area (Å²) in [6.45, 7) is 2.51. The van der Waals surface area contributed by atoms with Gasteiger partial charge in [-0.3, -0.25) is 9.38 Å². The van der Waals surface area contributed by atoms with Crippen molar-refractivity contribution in [2.45, 2.75) is 44.8 Å². The number of pyridine rings is 1. The van der Waals surface area contributed by atoms with E-state index in [1.807, 2.05) is 30.5 Å². The summed E-state index contributed by atoms with van der Waals surface area (Å²) in [6, 6.07) is 7.59. The Labute approximate surface area is 172 Å². The smallest absolute Gasteiger partial charge is 0.407 e. The zero-order valence-electron chi connectivity index (χ0n) is 16.7. The van der Waals surface area contributed by atoms with Crippen LogP contribution in [0.5, 0.6) is 0 Å². The molecular weight excluding hydrogens is 382 g/mol. The molecule has 4 aromatic rings. The summed E-state index contributed by atoms with van der Waals surface area (Å²) in [6.07, 6.45) is 7.25. The van der Waals surface area contributed by atoms with Gasteiger partial charge in [-0.05, 0) is 37.0 Å². The van der Waals surface area contributed by atoms with Gasteiger partial charge in [0, 0.05) is 18.3 Å². The van der Waals surface area contributed by atoms with Crippen LogP contribution in [-0.2, 0) is 11.3 Å². The van der Waals surface area contributed by atoms with Crippen molar-refractivity contribution < 1.29 is 9.53 Å². The quantitative estimate of drug-likeness (QED) is 0.528. The molecule has 9 heteroatoms. The zero-order chi connectivity index (χ0) is 20.5. The van der Waals surface area contributed by atoms with E-state index >= 15 is 0 Å². The maximum absolute atomic E-state index is 12.3. The third-order valence-electron chi connectivity index (χ3n) is 5.89. The number of carbonyl (C=O) groups excluding carboxylic acids is 1. The molecule has 1 aliphatic rings. The normalized spacial score (nSPS) is 21.3. The van der Waals surface area contributed by atoms with Crippen LogP contribution in [0.2, 0.25) is 0 Å². The fourth-order valence-electron chi connectivity index (χ4n) is 4.43. The molecule has 2 N–H and O–H groups in total. The molecule has 1 saturated carbocycles. The molecule has 0 aliphatic heterocycles. The monoisotopic (exact) mass is 405 g/mol. The molecular formula is C21H23N7O2. The van der Waals surface area contributed by atoms with Crippen LogP contribution in [0.15, 0.2) is 42.9 Å². The molecule has 9 nitrogen and oxygen atoms in total. The Kier molecular flexibility index (Phi) is 4.78. The number of ether oxygens (including phenoxy) is 1. The summed E-state index contributed by atoms with van der Waals surface area (Å²) in [5, 5.41) is 11.6. The van der Waals surface area contributed by atoms with Gasteiger partial charge < -0.3 is 15.0 Å². The second-order valence-electron chi connectivity index (χ2n) is 7.67. The molecule has 154 valence electrons. The lowest BCUT2D eigenvalue weighted by atomic mass is 9.93. The molecule has 0 bridgehead atoms. The number of aromatic amines is 1. The molecule has 4 heterocycles. The Bertz CT molecular complexity index is 1170. The van der Waals surface area contributed by atoms with Crippen LogP contribution in [-0.4, -0.2) is 41.7 Å². The highest BCUT2D eigenvalue weighted by atomic mass is 16.6. The van der Waals surface area contributed by atoms with Gasteiger partial charge in [0.25, 0.3) is 0 Å². The van der Waals surface area contributed by atoms with Gasteiger partial charge in [-0.1, -0.05) is 19.4 Å². The van der Waals surface area contributed by atoms with Crippen molar-refractivity contribution in [1.82, 2.24) is 34.9 Å². The van der Waals surface area contributed by atoms with Crippen LogP contribution >= 0.6 is 0 Å². The van der Waals surface area contributed by atoms with Crippen molar-refractivity contribution in [2.75, 3.05) is 0 Å². The minimum absolute atomic E-state index is 0.153. The first-order chi connectivity index (χ1) is 14.7. The Morgan fingerprint density at radius 1 is 1.27 bits per heavy atom. The lowest BCUT2D eigenvalue weighted by Crippen LogP contribution is -2.28. The van der Waals surface area contributed by atoms with Crippen molar-refractivity contribution in [2.24, 2.45) is 5.92 Å². The number of hydrogen-bond donors (Lipinski definition) is 2. The minimum atomic E-state index is -0.413. The minimum Gasteiger partial charge on any atom is -0.446 e. The lowest BCUT2D eigenvalue weighted by Gasteiger charge is -2.15. The first-order valence-corrected chi connectivity index (χ1v) is 10.2. The molecule has 1 aliphatic carbocycles. The molecule has 4 aromatic heterocycles. The molecule has 1 unspecified atom stereocenters. The number of carbonyl (C=O) groups is 1. The maximum atomic E-state index is 12.3. The third-order valence-corrected chi connectivity index (χ3v) is 5.89. The van der Waals surface area contributed by atoms with Crippen LogP contribution in [0.4, 0.5) is 4.79 Å². The van der Waals surface area contributed by atoms with E-state index in [9.17, 15) is 4.79 Å². The van der Waals surface area contributed by atoms with Gasteiger partial charge >= 0.3 is 6.09 Å². The Hall–Kier alpha value is -3.49. The Morgan fingerprint density at radius 2 is 2.20 bits per heavy atom. The number of alkyl carbamates (subject to hydrolysis) is 1. The maximum Gasteiger partial charge on any atom is 0.407 e. The van der Waals surface area contributed by atoms with E-state index in [0.717, 1.165) is 47.6 Å². The summed E-state index contributed by atoms with van der Waals surface area (Å²) in [4.78, 5) is 24.0. The third kappa shape index (κ3) is 3.36. The number of fused-ring (bicyclic) bond motifs is 3. The van der Waals surface area contributed by atoms with Gasteiger partial charge in [-0.25, -0.2) is 9.78 Å². The fraction of sp³-hybridized carbons (Fsp3) is 0.381. The highest BCUT2D eigenvalue weighted by molar-refractivity contribution is 5.74. The highest BCUT2D eigenvalue weighted by Gasteiger charge is 2.39. The first-order valence-electron chi connectivity index (χ1n) is 10.2. The molecule has 0 spiro atoms. The molecule has 1 amide bonds. The number of hydrogen-bond acceptors (Lipinski definition) is 6. The summed E-state index contributed by atoms with van der Waals surface area (Å²) in [7, 11) is 0. The van der Waals surface area contributed by atoms with Gasteiger partial charge in [0.15, 0.2) is 11.3 Å². The van der Waals surface area contributed by atoms with Crippen molar-refractivity contribution in [1.29, 1.82) is 0 Å². The van der Waals surface area contributed by atoms with Gasteiger partial charge in [0.05, 0.1) is 24.0 Å². The number of H-pyrrole nitrogens is 1. The summed E-state index contributed by atoms with van der Waals surface area (Å²) >= 11 is 0. The van der Waals surface area contributed by atoms with E-state index in [4.69, 9.17) is 4.74 Å². The van der Waals surface area contributed by atoms with E-state index in [2.05, 4.69) is 41.8 Å². The Balaban J connectivity index is 1.32. The standard InChI is InChI=1S/C21H23N7O2/c1-2-13-9-15(30-21(29)25-11-14-5-3-4-7-22-14)10-16(13)20-27-26-18-12-24-19-17(28(18)20)6-8-23-19/h3-8,12-13,15-16,23H,2,9-11H2,1H3,(H,25,29)/t13-,15+,16?/m1/s1. The van der Waals surface area contributed by atoms with Crippen molar-refractivity contribution in [3.05, 3.63) is 54.4 Å². The molecule has 0 radical (unpaired) electrons. The molecule has 0 aromatic carbocycles. The van der Waals surface area contributed by atoms with E-state index in [0.29, 0.717) is 12.5 Å². The number of aromatic nitrogens is 6. The van der Waals surface area contributed by atoms with Gasteiger partial charge in [-0.2, -0.15) is 0 Å². The summed E-state index contributed by atoms with van der Waals surface area (Å²) < 4.78 is 7.79. The van der Waals surface area contributed by atoms with E-state index < -0.39 is 6.09 Å². The predicted molar refractivity (Wildman–Crippen MR) is 110 cm³/mol. The van der Waals surface area contributed by atoms with E-state index in [1.54, 1.807) is 12.4 Å². The molecule has 30 heavy (non-hydrogen) atoms. The van der Waals surface area contributed by atoms with Crippen LogP contribution < -0.4 is 5.32 Å². The fourth-order valence-corrected chi connectivity index (χ4v) is 4.43. The van der Waals surface area contributed by atoms with Crippen LogP contribution in [0.25, 0.3) is 16.8 Å². The number of nitrogens with one attached hydrogen (secondary N) is 2. The van der Waals surface area contributed by atoms with Crippen LogP contribution in [0, 0.1) is 5.92 Å². The average Bonchev–Trinajstić information content (AvgIpc) is 3.49. The zero-order valence-corrected chi connectivity index (χ0v) is 16.7. The van der Waals surface area contributed by atoms with Crippen LogP contribution in [0.3, 0.4) is 0 Å². The number of nitrogens with zero attached hydrogens (tertiary/aromatic N) is 5. The highest BCUT2D eigenvalue weighted by Crippen LogP contribution is 2.42. The number of rotatable bonds is 5. The molecule has 1 fully saturated rings. The molecule has 3 atom stereocenters. The number of amides is 1. The average molecular weight is 405 g/mol.